The van der Waals surface area contributed by atoms with Gasteiger partial charge in [0, 0.05) is 14.5 Å². The summed E-state index contributed by atoms with van der Waals surface area (Å²) in [4.78, 5) is 13.8. The number of likely N-dealkylation sites (tertiary alicyclic amines) is 1. The fourth-order valence-electron chi connectivity index (χ4n) is 1.89. The fraction of sp³-hybridized carbons (Fsp3) is 0.417. The second kappa shape index (κ2) is 4.71. The number of halogens is 2. The third-order valence-corrected chi connectivity index (χ3v) is 3.94. The molecule has 0 unspecified atom stereocenters. The quantitative estimate of drug-likeness (QED) is 0.878. The second-order valence-corrected chi connectivity index (χ2v) is 6.23. The first kappa shape index (κ1) is 13.1. The number of aliphatic hydroxyl groups is 1. The average molecular weight is 363 g/mol. The van der Waals surface area contributed by atoms with Crippen LogP contribution in [-0.4, -0.2) is 34.6 Å². The summed E-state index contributed by atoms with van der Waals surface area (Å²) in [5, 5.41) is 9.88. The van der Waals surface area contributed by atoms with Gasteiger partial charge in [-0.2, -0.15) is 0 Å². The van der Waals surface area contributed by atoms with Crippen molar-refractivity contribution in [3.05, 3.63) is 32.7 Å². The highest BCUT2D eigenvalue weighted by atomic mass is 79.9. The Morgan fingerprint density at radius 1 is 1.35 bits per heavy atom. The summed E-state index contributed by atoms with van der Waals surface area (Å²) in [7, 11) is 0. The van der Waals surface area contributed by atoms with Crippen LogP contribution in [0.2, 0.25) is 0 Å². The van der Waals surface area contributed by atoms with Crippen molar-refractivity contribution in [2.75, 3.05) is 13.1 Å². The van der Waals surface area contributed by atoms with E-state index < -0.39 is 5.60 Å². The van der Waals surface area contributed by atoms with Gasteiger partial charge in [0.25, 0.3) is 5.91 Å². The Morgan fingerprint density at radius 3 is 2.35 bits per heavy atom. The van der Waals surface area contributed by atoms with Gasteiger partial charge in [-0.1, -0.05) is 38.8 Å². The lowest BCUT2D eigenvalue weighted by atomic mass is 9.91. The van der Waals surface area contributed by atoms with E-state index in [2.05, 4.69) is 31.9 Å². The van der Waals surface area contributed by atoms with Crippen LogP contribution in [0.5, 0.6) is 0 Å². The van der Waals surface area contributed by atoms with Gasteiger partial charge in [-0.25, -0.2) is 0 Å². The van der Waals surface area contributed by atoms with Crippen molar-refractivity contribution < 1.29 is 9.90 Å². The molecule has 1 saturated heterocycles. The lowest BCUT2D eigenvalue weighted by Crippen LogP contribution is -2.63. The lowest BCUT2D eigenvalue weighted by Gasteiger charge is -2.46. The Kier molecular flexibility index (Phi) is 3.61. The molecule has 3 nitrogen and oxygen atoms in total. The largest absolute Gasteiger partial charge is 0.386 e. The van der Waals surface area contributed by atoms with E-state index in [1.165, 1.54) is 0 Å². The molecule has 5 heteroatoms. The number of β-amino-alcohol motifs (C(OH)–C–C–N with tert-alkyl or cyclic N) is 1. The Bertz CT molecular complexity index is 436. The van der Waals surface area contributed by atoms with Crippen LogP contribution in [0.15, 0.2) is 27.1 Å². The number of rotatable bonds is 2. The number of nitrogens with zero attached hydrogens (tertiary/aromatic N) is 1. The minimum absolute atomic E-state index is 0.0369. The maximum absolute atomic E-state index is 12.1. The third-order valence-electron chi connectivity index (χ3n) is 3.03. The van der Waals surface area contributed by atoms with E-state index in [-0.39, 0.29) is 5.91 Å². The summed E-state index contributed by atoms with van der Waals surface area (Å²) < 4.78 is 1.73. The summed E-state index contributed by atoms with van der Waals surface area (Å²) in [6.45, 7) is 2.77. The zero-order valence-corrected chi connectivity index (χ0v) is 12.6. The van der Waals surface area contributed by atoms with Gasteiger partial charge in [0.15, 0.2) is 0 Å². The maximum Gasteiger partial charge on any atom is 0.254 e. The highest BCUT2D eigenvalue weighted by molar-refractivity contribution is 9.11. The Morgan fingerprint density at radius 2 is 1.88 bits per heavy atom. The van der Waals surface area contributed by atoms with E-state index in [0.29, 0.717) is 25.1 Å². The van der Waals surface area contributed by atoms with Crippen molar-refractivity contribution in [3.63, 3.8) is 0 Å². The van der Waals surface area contributed by atoms with Crippen LogP contribution in [0.4, 0.5) is 0 Å². The van der Waals surface area contributed by atoms with Crippen molar-refractivity contribution in [2.45, 2.75) is 18.9 Å². The molecule has 1 amide bonds. The molecule has 0 aliphatic carbocycles. The summed E-state index contributed by atoms with van der Waals surface area (Å²) in [5.41, 5.74) is -0.0526. The van der Waals surface area contributed by atoms with Crippen molar-refractivity contribution in [1.29, 1.82) is 0 Å². The number of amides is 1. The maximum atomic E-state index is 12.1. The normalized spacial score (nSPS) is 17.8. The molecule has 2 rings (SSSR count). The molecule has 1 aliphatic rings. The monoisotopic (exact) mass is 361 g/mol. The molecule has 1 fully saturated rings. The molecule has 0 atom stereocenters. The van der Waals surface area contributed by atoms with Crippen LogP contribution in [-0.2, 0) is 0 Å². The lowest BCUT2D eigenvalue weighted by molar-refractivity contribution is -0.0826. The van der Waals surface area contributed by atoms with Gasteiger partial charge in [-0.15, -0.1) is 0 Å². The van der Waals surface area contributed by atoms with Crippen molar-refractivity contribution in [2.24, 2.45) is 0 Å². The molecular formula is C12H13Br2NO2. The Labute approximate surface area is 117 Å². The second-order valence-electron chi connectivity index (χ2n) is 4.40. The van der Waals surface area contributed by atoms with Gasteiger partial charge in [-0.05, 0) is 24.6 Å². The molecule has 0 saturated carbocycles. The van der Waals surface area contributed by atoms with E-state index in [4.69, 9.17) is 0 Å². The first-order chi connectivity index (χ1) is 7.93. The fourth-order valence-corrected chi connectivity index (χ4v) is 3.19. The Balaban J connectivity index is 2.11. The molecule has 0 bridgehead atoms. The zero-order chi connectivity index (χ0) is 12.6. The SMILES string of the molecule is CCC1(O)CN(C(=O)c2cc(Br)cc(Br)c2)C1. The predicted octanol–water partition coefficient (Wildman–Crippen LogP) is 2.81. The summed E-state index contributed by atoms with van der Waals surface area (Å²) in [6, 6.07) is 5.46. The molecule has 1 N–H and O–H groups in total. The Hall–Kier alpha value is -0.390. The van der Waals surface area contributed by atoms with Gasteiger partial charge in [0.05, 0.1) is 18.7 Å². The molecule has 92 valence electrons. The van der Waals surface area contributed by atoms with Gasteiger partial charge >= 0.3 is 0 Å². The molecule has 1 aromatic rings. The van der Waals surface area contributed by atoms with Crippen LogP contribution in [0.25, 0.3) is 0 Å². The molecule has 0 spiro atoms. The number of carbonyl (C=O) groups excluding carboxylic acids is 1. The minimum Gasteiger partial charge on any atom is -0.386 e. The number of hydrogen-bond donors (Lipinski definition) is 1. The van der Waals surface area contributed by atoms with Crippen molar-refractivity contribution >= 4 is 37.8 Å². The highest BCUT2D eigenvalue weighted by Gasteiger charge is 2.42. The van der Waals surface area contributed by atoms with Crippen molar-refractivity contribution in [3.8, 4) is 0 Å². The highest BCUT2D eigenvalue weighted by Crippen LogP contribution is 2.27. The van der Waals surface area contributed by atoms with Crippen LogP contribution >= 0.6 is 31.9 Å². The number of hydrogen-bond acceptors (Lipinski definition) is 2. The van der Waals surface area contributed by atoms with E-state index in [9.17, 15) is 9.90 Å². The molecule has 17 heavy (non-hydrogen) atoms. The van der Waals surface area contributed by atoms with Crippen molar-refractivity contribution in [1.82, 2.24) is 4.90 Å². The topological polar surface area (TPSA) is 40.5 Å². The molecule has 1 aliphatic heterocycles. The van der Waals surface area contributed by atoms with Gasteiger partial charge in [0.1, 0.15) is 0 Å². The van der Waals surface area contributed by atoms with E-state index >= 15 is 0 Å². The summed E-state index contributed by atoms with van der Waals surface area (Å²) in [6.07, 6.45) is 0.680. The number of carbonyl (C=O) groups is 1. The van der Waals surface area contributed by atoms with Gasteiger partial charge in [-0.3, -0.25) is 4.79 Å². The van der Waals surface area contributed by atoms with Crippen LogP contribution in [0.1, 0.15) is 23.7 Å². The first-order valence-electron chi connectivity index (χ1n) is 5.41. The summed E-state index contributed by atoms with van der Waals surface area (Å²) >= 11 is 6.71. The standard InChI is InChI=1S/C12H13Br2NO2/c1-2-12(17)6-15(7-12)11(16)8-3-9(13)5-10(14)4-8/h3-5,17H,2,6-7H2,1H3. The first-order valence-corrected chi connectivity index (χ1v) is 7.00. The van der Waals surface area contributed by atoms with Crippen LogP contribution in [0, 0.1) is 0 Å². The number of benzene rings is 1. The van der Waals surface area contributed by atoms with E-state index in [1.54, 1.807) is 17.0 Å². The molecule has 1 heterocycles. The molecule has 0 aromatic heterocycles. The van der Waals surface area contributed by atoms with Gasteiger partial charge in [0.2, 0.25) is 0 Å². The smallest absolute Gasteiger partial charge is 0.254 e. The zero-order valence-electron chi connectivity index (χ0n) is 9.41. The van der Waals surface area contributed by atoms with Crippen LogP contribution in [0.3, 0.4) is 0 Å². The predicted molar refractivity (Wildman–Crippen MR) is 73.0 cm³/mol. The van der Waals surface area contributed by atoms with Gasteiger partial charge < -0.3 is 10.0 Å². The molecule has 0 radical (unpaired) electrons. The average Bonchev–Trinajstić information content (AvgIpc) is 2.22. The van der Waals surface area contributed by atoms with E-state index in [1.807, 2.05) is 13.0 Å². The minimum atomic E-state index is -0.682. The van der Waals surface area contributed by atoms with E-state index in [0.717, 1.165) is 8.95 Å². The van der Waals surface area contributed by atoms with Crippen LogP contribution < -0.4 is 0 Å². The molecule has 1 aromatic carbocycles. The molecular weight excluding hydrogens is 350 g/mol. The third kappa shape index (κ3) is 2.72. The summed E-state index contributed by atoms with van der Waals surface area (Å²) in [5.74, 6) is -0.0369.